The molecule has 0 bridgehead atoms. The third-order valence-electron chi connectivity index (χ3n) is 3.20. The summed E-state index contributed by atoms with van der Waals surface area (Å²) in [7, 11) is 0. The van der Waals surface area contributed by atoms with E-state index in [9.17, 15) is 9.90 Å². The van der Waals surface area contributed by atoms with Crippen molar-refractivity contribution in [1.82, 2.24) is 0 Å². The largest absolute Gasteiger partial charge is 0.464 e. The molecular weight excluding hydrogens is 250 g/mol. The van der Waals surface area contributed by atoms with Crippen molar-refractivity contribution in [2.24, 2.45) is 0 Å². The molecule has 0 fully saturated rings. The second-order valence-corrected chi connectivity index (χ2v) is 4.48. The highest BCUT2D eigenvalue weighted by Gasteiger charge is 2.16. The van der Waals surface area contributed by atoms with Crippen LogP contribution in [0.4, 0.5) is 16.2 Å². The van der Waals surface area contributed by atoms with Crippen molar-refractivity contribution < 1.29 is 9.90 Å². The molecule has 0 aliphatic rings. The predicted octanol–water partition coefficient (Wildman–Crippen LogP) is 4.66. The van der Waals surface area contributed by atoms with Gasteiger partial charge in [0.1, 0.15) is 0 Å². The van der Waals surface area contributed by atoms with Crippen LogP contribution in [0.15, 0.2) is 72.8 Å². The Bertz CT molecular complexity index is 753. The third-order valence-corrected chi connectivity index (χ3v) is 3.20. The summed E-state index contributed by atoms with van der Waals surface area (Å²) in [6.07, 6.45) is -0.994. The molecule has 0 heterocycles. The molecule has 1 N–H and O–H groups in total. The first kappa shape index (κ1) is 12.2. The second kappa shape index (κ2) is 5.05. The van der Waals surface area contributed by atoms with E-state index in [1.165, 1.54) is 4.90 Å². The second-order valence-electron chi connectivity index (χ2n) is 4.48. The quantitative estimate of drug-likeness (QED) is 0.730. The Morgan fingerprint density at radius 1 is 0.750 bits per heavy atom. The summed E-state index contributed by atoms with van der Waals surface area (Å²) in [6, 6.07) is 22.6. The fraction of sp³-hybridized carbons (Fsp3) is 0. The Morgan fingerprint density at radius 2 is 1.40 bits per heavy atom. The maximum Gasteiger partial charge on any atom is 0.416 e. The molecule has 1 amide bonds. The molecule has 0 saturated heterocycles. The Labute approximate surface area is 116 Å². The molecule has 3 rings (SSSR count). The summed E-state index contributed by atoms with van der Waals surface area (Å²) >= 11 is 0. The first-order valence-electron chi connectivity index (χ1n) is 6.32. The van der Waals surface area contributed by atoms with Crippen molar-refractivity contribution in [3.05, 3.63) is 72.8 Å². The minimum atomic E-state index is -0.994. The number of rotatable bonds is 2. The van der Waals surface area contributed by atoms with Gasteiger partial charge in [-0.3, -0.25) is 0 Å². The SMILES string of the molecule is O=C(O)N(c1ccccc1)c1ccc2ccccc2c1. The highest BCUT2D eigenvalue weighted by atomic mass is 16.4. The van der Waals surface area contributed by atoms with Gasteiger partial charge < -0.3 is 5.11 Å². The lowest BCUT2D eigenvalue weighted by Gasteiger charge is -2.19. The predicted molar refractivity (Wildman–Crippen MR) is 80.6 cm³/mol. The van der Waals surface area contributed by atoms with Gasteiger partial charge in [0.05, 0.1) is 11.4 Å². The van der Waals surface area contributed by atoms with E-state index < -0.39 is 6.09 Å². The molecule has 0 aliphatic heterocycles. The Morgan fingerprint density at radius 3 is 2.10 bits per heavy atom. The lowest BCUT2D eigenvalue weighted by atomic mass is 10.1. The van der Waals surface area contributed by atoms with E-state index in [4.69, 9.17) is 0 Å². The van der Waals surface area contributed by atoms with Crippen LogP contribution < -0.4 is 4.90 Å². The number of amides is 1. The number of anilines is 2. The maximum atomic E-state index is 11.6. The molecule has 20 heavy (non-hydrogen) atoms. The van der Waals surface area contributed by atoms with E-state index in [-0.39, 0.29) is 0 Å². The number of benzene rings is 3. The summed E-state index contributed by atoms with van der Waals surface area (Å²) in [4.78, 5) is 12.8. The molecule has 0 radical (unpaired) electrons. The van der Waals surface area contributed by atoms with Crippen LogP contribution in [0.5, 0.6) is 0 Å². The number of nitrogens with zero attached hydrogens (tertiary/aromatic N) is 1. The van der Waals surface area contributed by atoms with Gasteiger partial charge in [-0.1, -0.05) is 48.5 Å². The topological polar surface area (TPSA) is 40.5 Å². The molecule has 0 aliphatic carbocycles. The average molecular weight is 263 g/mol. The van der Waals surface area contributed by atoms with Gasteiger partial charge in [-0.2, -0.15) is 0 Å². The fourth-order valence-corrected chi connectivity index (χ4v) is 2.26. The van der Waals surface area contributed by atoms with E-state index in [1.54, 1.807) is 12.1 Å². The minimum Gasteiger partial charge on any atom is -0.464 e. The van der Waals surface area contributed by atoms with Gasteiger partial charge in [0, 0.05) is 0 Å². The van der Waals surface area contributed by atoms with Gasteiger partial charge in [-0.25, -0.2) is 9.69 Å². The number of fused-ring (bicyclic) bond motifs is 1. The van der Waals surface area contributed by atoms with Crippen molar-refractivity contribution in [3.63, 3.8) is 0 Å². The smallest absolute Gasteiger partial charge is 0.416 e. The summed E-state index contributed by atoms with van der Waals surface area (Å²) in [5, 5.41) is 11.6. The molecule has 3 aromatic rings. The van der Waals surface area contributed by atoms with Gasteiger partial charge >= 0.3 is 6.09 Å². The summed E-state index contributed by atoms with van der Waals surface area (Å²) in [6.45, 7) is 0. The van der Waals surface area contributed by atoms with Crippen LogP contribution in [0, 0.1) is 0 Å². The number of hydrogen-bond acceptors (Lipinski definition) is 1. The molecule has 3 heteroatoms. The minimum absolute atomic E-state index is 0.635. The average Bonchev–Trinajstić information content (AvgIpc) is 2.48. The van der Waals surface area contributed by atoms with E-state index in [1.807, 2.05) is 60.7 Å². The van der Waals surface area contributed by atoms with Crippen LogP contribution in [0.2, 0.25) is 0 Å². The third kappa shape index (κ3) is 2.21. The van der Waals surface area contributed by atoms with Gasteiger partial charge in [-0.15, -0.1) is 0 Å². The van der Waals surface area contributed by atoms with E-state index >= 15 is 0 Å². The lowest BCUT2D eigenvalue weighted by molar-refractivity contribution is 0.205. The van der Waals surface area contributed by atoms with Crippen LogP contribution >= 0.6 is 0 Å². The normalized spacial score (nSPS) is 10.4. The Hall–Kier alpha value is -2.81. The summed E-state index contributed by atoms with van der Waals surface area (Å²) in [5.74, 6) is 0. The molecule has 0 atom stereocenters. The highest BCUT2D eigenvalue weighted by molar-refractivity contribution is 5.97. The van der Waals surface area contributed by atoms with Crippen LogP contribution in [-0.2, 0) is 0 Å². The van der Waals surface area contributed by atoms with E-state index in [2.05, 4.69) is 0 Å². The van der Waals surface area contributed by atoms with Crippen molar-refractivity contribution >= 4 is 28.2 Å². The summed E-state index contributed by atoms with van der Waals surface area (Å²) in [5.41, 5.74) is 1.28. The van der Waals surface area contributed by atoms with Gasteiger partial charge in [0.15, 0.2) is 0 Å². The monoisotopic (exact) mass is 263 g/mol. The first-order chi connectivity index (χ1) is 9.75. The number of carboxylic acid groups (broad SMARTS) is 1. The molecular formula is C17H13NO2. The van der Waals surface area contributed by atoms with Crippen LogP contribution in [0.3, 0.4) is 0 Å². The molecule has 0 aromatic heterocycles. The van der Waals surface area contributed by atoms with Crippen LogP contribution in [0.1, 0.15) is 0 Å². The first-order valence-corrected chi connectivity index (χ1v) is 6.32. The zero-order valence-corrected chi connectivity index (χ0v) is 10.7. The zero-order chi connectivity index (χ0) is 13.9. The lowest BCUT2D eigenvalue weighted by Crippen LogP contribution is -2.23. The van der Waals surface area contributed by atoms with Crippen LogP contribution in [-0.4, -0.2) is 11.2 Å². The summed E-state index contributed by atoms with van der Waals surface area (Å²) < 4.78 is 0. The standard InChI is InChI=1S/C17H13NO2/c19-17(20)18(15-8-2-1-3-9-15)16-11-10-13-6-4-5-7-14(13)12-16/h1-12H,(H,19,20). The molecule has 0 saturated carbocycles. The van der Waals surface area contributed by atoms with Crippen LogP contribution in [0.25, 0.3) is 10.8 Å². The molecule has 0 unspecified atom stereocenters. The zero-order valence-electron chi connectivity index (χ0n) is 10.7. The van der Waals surface area contributed by atoms with Gasteiger partial charge in [0.25, 0.3) is 0 Å². The molecule has 3 nitrogen and oxygen atoms in total. The highest BCUT2D eigenvalue weighted by Crippen LogP contribution is 2.28. The van der Waals surface area contributed by atoms with E-state index in [0.29, 0.717) is 11.4 Å². The Kier molecular flexibility index (Phi) is 3.09. The number of hydrogen-bond donors (Lipinski definition) is 1. The molecule has 98 valence electrons. The maximum absolute atomic E-state index is 11.6. The molecule has 0 spiro atoms. The van der Waals surface area contributed by atoms with Crippen molar-refractivity contribution in [2.75, 3.05) is 4.90 Å². The van der Waals surface area contributed by atoms with E-state index in [0.717, 1.165) is 10.8 Å². The number of para-hydroxylation sites is 1. The van der Waals surface area contributed by atoms with Gasteiger partial charge in [-0.05, 0) is 35.0 Å². The van der Waals surface area contributed by atoms with Gasteiger partial charge in [0.2, 0.25) is 0 Å². The number of carbonyl (C=O) groups is 1. The Balaban J connectivity index is 2.13. The van der Waals surface area contributed by atoms with Crippen molar-refractivity contribution in [2.45, 2.75) is 0 Å². The van der Waals surface area contributed by atoms with Crippen molar-refractivity contribution in [3.8, 4) is 0 Å². The fourth-order valence-electron chi connectivity index (χ4n) is 2.26. The molecule has 3 aromatic carbocycles. The van der Waals surface area contributed by atoms with Crippen molar-refractivity contribution in [1.29, 1.82) is 0 Å².